The molecule has 78 valence electrons. The molecule has 5 nitrogen and oxygen atoms in total. The second-order valence-electron chi connectivity index (χ2n) is 3.51. The molecule has 5 heteroatoms. The van der Waals surface area contributed by atoms with E-state index < -0.39 is 0 Å². The van der Waals surface area contributed by atoms with Crippen molar-refractivity contribution in [2.45, 2.75) is 13.0 Å². The van der Waals surface area contributed by atoms with Crippen molar-refractivity contribution in [2.75, 3.05) is 26.4 Å². The number of nitrogen functional groups attached to an aromatic ring is 1. The van der Waals surface area contributed by atoms with Gasteiger partial charge >= 0.3 is 0 Å². The first kappa shape index (κ1) is 10.7. The third-order valence-electron chi connectivity index (χ3n) is 1.87. The predicted octanol–water partition coefficient (Wildman–Crippen LogP) is -0.223. The molecule has 0 unspecified atom stereocenters. The molecule has 1 heterocycles. The van der Waals surface area contributed by atoms with E-state index in [1.165, 1.54) is 16.9 Å². The number of nitrogens with zero attached hydrogens (tertiary/aromatic N) is 3. The van der Waals surface area contributed by atoms with Gasteiger partial charge in [0, 0.05) is 12.6 Å². The largest absolute Gasteiger partial charge is 0.397 e. The molecular weight excluding hydrogens is 180 g/mol. The van der Waals surface area contributed by atoms with Gasteiger partial charge in [-0.25, -0.2) is 4.68 Å². The van der Waals surface area contributed by atoms with Gasteiger partial charge in [0.1, 0.15) is 0 Å². The highest BCUT2D eigenvalue weighted by atomic mass is 16.1. The van der Waals surface area contributed by atoms with Crippen molar-refractivity contribution >= 4 is 5.69 Å². The van der Waals surface area contributed by atoms with Gasteiger partial charge < -0.3 is 10.6 Å². The second kappa shape index (κ2) is 4.76. The summed E-state index contributed by atoms with van der Waals surface area (Å²) in [5, 5.41) is 3.94. The monoisotopic (exact) mass is 196 g/mol. The van der Waals surface area contributed by atoms with Gasteiger partial charge in [-0.1, -0.05) is 0 Å². The molecule has 0 spiro atoms. The highest BCUT2D eigenvalue weighted by molar-refractivity contribution is 5.31. The van der Waals surface area contributed by atoms with E-state index in [1.807, 2.05) is 14.1 Å². The zero-order valence-corrected chi connectivity index (χ0v) is 8.60. The average Bonchev–Trinajstić information content (AvgIpc) is 2.08. The summed E-state index contributed by atoms with van der Waals surface area (Å²) in [6.07, 6.45) is 2.40. The molecule has 0 saturated heterocycles. The number of aromatic nitrogens is 2. The highest BCUT2D eigenvalue weighted by Crippen LogP contribution is 1.92. The highest BCUT2D eigenvalue weighted by Gasteiger charge is 1.97. The summed E-state index contributed by atoms with van der Waals surface area (Å²) in [7, 11) is 4.00. The van der Waals surface area contributed by atoms with Crippen LogP contribution in [0, 0.1) is 0 Å². The van der Waals surface area contributed by atoms with Crippen LogP contribution in [-0.2, 0) is 6.54 Å². The fraction of sp³-hybridized carbons (Fsp3) is 0.556. The van der Waals surface area contributed by atoms with Crippen LogP contribution in [0.25, 0.3) is 0 Å². The Morgan fingerprint density at radius 2 is 2.29 bits per heavy atom. The number of nitrogens with two attached hydrogens (primary N) is 1. The Kier molecular flexibility index (Phi) is 3.64. The first-order valence-electron chi connectivity index (χ1n) is 4.57. The third kappa shape index (κ3) is 3.18. The lowest BCUT2D eigenvalue weighted by atomic mass is 10.4. The molecule has 1 aromatic heterocycles. The fourth-order valence-electron chi connectivity index (χ4n) is 1.15. The van der Waals surface area contributed by atoms with Crippen molar-refractivity contribution in [3.8, 4) is 0 Å². The summed E-state index contributed by atoms with van der Waals surface area (Å²) in [6.45, 7) is 1.58. The summed E-state index contributed by atoms with van der Waals surface area (Å²) in [5.41, 5.74) is 5.70. The van der Waals surface area contributed by atoms with Crippen LogP contribution in [0.2, 0.25) is 0 Å². The molecular formula is C9H16N4O. The maximum atomic E-state index is 11.3. The minimum Gasteiger partial charge on any atom is -0.397 e. The third-order valence-corrected chi connectivity index (χ3v) is 1.87. The van der Waals surface area contributed by atoms with E-state index in [4.69, 9.17) is 5.73 Å². The van der Waals surface area contributed by atoms with Crippen molar-refractivity contribution in [2.24, 2.45) is 0 Å². The Hall–Kier alpha value is -1.36. The molecule has 1 aromatic rings. The molecule has 0 aromatic carbocycles. The summed E-state index contributed by atoms with van der Waals surface area (Å²) in [5.74, 6) is 0. The topological polar surface area (TPSA) is 64.2 Å². The maximum Gasteiger partial charge on any atom is 0.268 e. The molecule has 14 heavy (non-hydrogen) atoms. The van der Waals surface area contributed by atoms with Gasteiger partial charge in [-0.3, -0.25) is 4.79 Å². The summed E-state index contributed by atoms with van der Waals surface area (Å²) in [6, 6.07) is 1.39. The molecule has 0 aliphatic carbocycles. The second-order valence-corrected chi connectivity index (χ2v) is 3.51. The molecule has 0 radical (unpaired) electrons. The smallest absolute Gasteiger partial charge is 0.268 e. The van der Waals surface area contributed by atoms with Crippen LogP contribution in [0.15, 0.2) is 17.1 Å². The summed E-state index contributed by atoms with van der Waals surface area (Å²) >= 11 is 0. The normalized spacial score (nSPS) is 10.8. The first-order chi connectivity index (χ1) is 6.59. The van der Waals surface area contributed by atoms with E-state index in [-0.39, 0.29) is 5.56 Å². The van der Waals surface area contributed by atoms with Gasteiger partial charge in [-0.2, -0.15) is 5.10 Å². The van der Waals surface area contributed by atoms with E-state index in [2.05, 4.69) is 10.00 Å². The van der Waals surface area contributed by atoms with Crippen molar-refractivity contribution < 1.29 is 0 Å². The number of hydrogen-bond donors (Lipinski definition) is 1. The van der Waals surface area contributed by atoms with E-state index >= 15 is 0 Å². The average molecular weight is 196 g/mol. The summed E-state index contributed by atoms with van der Waals surface area (Å²) in [4.78, 5) is 13.4. The van der Waals surface area contributed by atoms with Crippen molar-refractivity contribution in [1.82, 2.24) is 14.7 Å². The first-order valence-corrected chi connectivity index (χ1v) is 4.57. The molecule has 0 fully saturated rings. The predicted molar refractivity (Wildman–Crippen MR) is 56.1 cm³/mol. The van der Waals surface area contributed by atoms with Gasteiger partial charge in [0.05, 0.1) is 11.9 Å². The van der Waals surface area contributed by atoms with Gasteiger partial charge in [-0.05, 0) is 27.1 Å². The Morgan fingerprint density at radius 3 is 2.86 bits per heavy atom. The van der Waals surface area contributed by atoms with Crippen molar-refractivity contribution in [3.05, 3.63) is 22.6 Å². The zero-order chi connectivity index (χ0) is 10.6. The standard InChI is InChI=1S/C9H16N4O/c1-12(2)4-3-5-13-9(14)6-8(10)7-11-13/h6-7H,3-5,10H2,1-2H3. The van der Waals surface area contributed by atoms with Gasteiger partial charge in [0.2, 0.25) is 0 Å². The van der Waals surface area contributed by atoms with Crippen LogP contribution >= 0.6 is 0 Å². The molecule has 0 atom stereocenters. The molecule has 2 N–H and O–H groups in total. The van der Waals surface area contributed by atoms with E-state index in [9.17, 15) is 4.79 Å². The number of aryl methyl sites for hydroxylation is 1. The Labute approximate surface area is 83.1 Å². The quantitative estimate of drug-likeness (QED) is 0.723. The molecule has 1 rings (SSSR count). The van der Waals surface area contributed by atoms with E-state index in [0.29, 0.717) is 12.2 Å². The molecule has 0 aliphatic rings. The van der Waals surface area contributed by atoms with Gasteiger partial charge in [0.15, 0.2) is 0 Å². The summed E-state index contributed by atoms with van der Waals surface area (Å²) < 4.78 is 1.43. The van der Waals surface area contributed by atoms with Crippen LogP contribution < -0.4 is 11.3 Å². The lowest BCUT2D eigenvalue weighted by Gasteiger charge is -2.09. The van der Waals surface area contributed by atoms with Crippen LogP contribution in [0.4, 0.5) is 5.69 Å². The number of rotatable bonds is 4. The fourth-order valence-corrected chi connectivity index (χ4v) is 1.15. The molecule has 0 aliphatic heterocycles. The molecule has 0 bridgehead atoms. The zero-order valence-electron chi connectivity index (χ0n) is 8.60. The van der Waals surface area contributed by atoms with E-state index in [1.54, 1.807) is 0 Å². The lowest BCUT2D eigenvalue weighted by Crippen LogP contribution is -2.24. The van der Waals surface area contributed by atoms with Crippen molar-refractivity contribution in [3.63, 3.8) is 0 Å². The number of hydrogen-bond acceptors (Lipinski definition) is 4. The minimum atomic E-state index is -0.135. The van der Waals surface area contributed by atoms with Crippen LogP contribution in [0.1, 0.15) is 6.42 Å². The molecule has 0 saturated carbocycles. The van der Waals surface area contributed by atoms with Gasteiger partial charge in [-0.15, -0.1) is 0 Å². The minimum absolute atomic E-state index is 0.135. The van der Waals surface area contributed by atoms with Crippen molar-refractivity contribution in [1.29, 1.82) is 0 Å². The lowest BCUT2D eigenvalue weighted by molar-refractivity contribution is 0.377. The SMILES string of the molecule is CN(C)CCCn1ncc(N)cc1=O. The Balaban J connectivity index is 2.55. The van der Waals surface area contributed by atoms with Crippen LogP contribution in [-0.4, -0.2) is 35.3 Å². The maximum absolute atomic E-state index is 11.3. The van der Waals surface area contributed by atoms with E-state index in [0.717, 1.165) is 13.0 Å². The van der Waals surface area contributed by atoms with Crippen LogP contribution in [0.5, 0.6) is 0 Å². The Morgan fingerprint density at radius 1 is 1.57 bits per heavy atom. The van der Waals surface area contributed by atoms with Gasteiger partial charge in [0.25, 0.3) is 5.56 Å². The molecule has 0 amide bonds. The number of anilines is 1. The van der Waals surface area contributed by atoms with Crippen LogP contribution in [0.3, 0.4) is 0 Å². The Bertz CT molecular complexity index is 345.